The summed E-state index contributed by atoms with van der Waals surface area (Å²) in [5.41, 5.74) is 16.3. The number of rotatable bonds is 8. The van der Waals surface area contributed by atoms with Gasteiger partial charge in [-0.1, -0.05) is 297 Å². The summed E-state index contributed by atoms with van der Waals surface area (Å²) in [6, 6.07) is 122. The average Bonchev–Trinajstić information content (AvgIpc) is 2.23. The zero-order valence-electron chi connectivity index (χ0n) is 45.5. The first-order valence-corrected chi connectivity index (χ1v) is 33.0. The number of aromatic nitrogens is 1. The molecule has 2 aliphatic rings. The highest BCUT2D eigenvalue weighted by Gasteiger charge is 2.51. The lowest BCUT2D eigenvalue weighted by molar-refractivity contribution is 1.18. The van der Waals surface area contributed by atoms with Crippen molar-refractivity contribution in [2.45, 2.75) is 0 Å². The van der Waals surface area contributed by atoms with Crippen LogP contribution in [0.15, 0.2) is 322 Å². The maximum absolute atomic E-state index is 2.80. The Kier molecular flexibility index (Phi) is 10.7. The van der Waals surface area contributed by atoms with Gasteiger partial charge in [-0.05, 0) is 137 Å². The van der Waals surface area contributed by atoms with Crippen LogP contribution in [0.2, 0.25) is 0 Å². The minimum atomic E-state index is -2.80. The predicted molar refractivity (Wildman–Crippen MR) is 357 cm³/mol. The highest BCUT2D eigenvalue weighted by molar-refractivity contribution is 7.23. The summed E-state index contributed by atoms with van der Waals surface area (Å²) in [6.07, 6.45) is 0. The molecule has 0 radical (unpaired) electrons. The summed E-state index contributed by atoms with van der Waals surface area (Å²) in [5.74, 6) is 0. The lowest BCUT2D eigenvalue weighted by Crippen LogP contribution is -2.72. The van der Waals surface area contributed by atoms with E-state index in [9.17, 15) is 0 Å². The molecule has 0 saturated heterocycles. The molecule has 0 amide bonds. The minimum absolute atomic E-state index is 1.14. The van der Waals surface area contributed by atoms with Crippen LogP contribution >= 0.6 is 0 Å². The fourth-order valence-corrected chi connectivity index (χ4v) is 25.8. The third-order valence-electron chi connectivity index (χ3n) is 18.6. The highest BCUT2D eigenvalue weighted by atomic mass is 28.3. The van der Waals surface area contributed by atoms with Crippen LogP contribution in [0.3, 0.4) is 0 Å². The molecule has 0 saturated carbocycles. The van der Waals surface area contributed by atoms with Gasteiger partial charge in [0.15, 0.2) is 16.1 Å². The fourth-order valence-electron chi connectivity index (χ4n) is 15.4. The van der Waals surface area contributed by atoms with Crippen molar-refractivity contribution < 1.29 is 0 Å². The Morgan fingerprint density at radius 3 is 1.02 bits per heavy atom. The number of nitrogens with zero attached hydrogens (tertiary/aromatic N) is 1. The van der Waals surface area contributed by atoms with E-state index in [1.807, 2.05) is 0 Å². The van der Waals surface area contributed by atoms with Gasteiger partial charge in [0.2, 0.25) is 0 Å². The number of benzene rings is 14. The fraction of sp³-hybridized carbons (Fsp3) is 0. The predicted octanol–water partition coefficient (Wildman–Crippen LogP) is 14.8. The molecule has 1 aromatic heterocycles. The van der Waals surface area contributed by atoms with Crippen molar-refractivity contribution in [3.63, 3.8) is 0 Å². The smallest absolute Gasteiger partial charge is 0.180 e. The van der Waals surface area contributed by atoms with Crippen LogP contribution in [0.1, 0.15) is 0 Å². The number of hydrogen-bond acceptors (Lipinski definition) is 0. The van der Waals surface area contributed by atoms with Gasteiger partial charge in [-0.2, -0.15) is 0 Å². The van der Waals surface area contributed by atoms with Crippen LogP contribution in [-0.4, -0.2) is 20.7 Å². The quantitative estimate of drug-likeness (QED) is 0.106. The van der Waals surface area contributed by atoms with E-state index in [2.05, 4.69) is 326 Å². The number of fused-ring (bicyclic) bond motifs is 11. The molecule has 1 nitrogen and oxygen atoms in total. The lowest BCUT2D eigenvalue weighted by Gasteiger charge is -2.31. The Morgan fingerprint density at radius 2 is 0.542 bits per heavy atom. The standard InChI is InChI=1S/C80H53NSi2/c1-6-27-54(28-7-1)81-72-48-19-16-37-61(72)66-46-24-47-69(80(66)81)77-64-42-22-40-59(62-44-25-51-75-78(62)67-38-17-20-49-73(67)82(75,55-29-8-2-9-30-55)56-31-10-3-11-32-56)70(64)53-71-60(41-23-43-65(71)77)63-45-26-52-76-79(63)68-39-18-21-50-74(68)83(76,57-33-12-4-13-34-57)58-35-14-5-15-36-58/h1-53H. The Morgan fingerprint density at radius 1 is 0.205 bits per heavy atom. The molecule has 3 heteroatoms. The molecule has 0 unspecified atom stereocenters. The molecular weight excluding hydrogens is 1030 g/mol. The summed E-state index contributed by atoms with van der Waals surface area (Å²) >= 11 is 0. The van der Waals surface area contributed by atoms with E-state index in [-0.39, 0.29) is 0 Å². The van der Waals surface area contributed by atoms with E-state index < -0.39 is 16.1 Å². The van der Waals surface area contributed by atoms with Crippen LogP contribution in [0.25, 0.3) is 105 Å². The van der Waals surface area contributed by atoms with Crippen LogP contribution in [-0.2, 0) is 0 Å². The van der Waals surface area contributed by atoms with Gasteiger partial charge in [-0.25, -0.2) is 0 Å². The SMILES string of the molecule is c1ccc(-n2c3ccccc3c3cccc(-c4c5cccc(-c6cccc7c6-c6ccccc6[Si]7(c6ccccc6)c6ccccc6)c5cc5c(-c6cccc7c6-c6ccccc6[Si]7(c6ccccc6)c6ccccc6)cccc45)c32)cc1. The second-order valence-corrected chi connectivity index (χ2v) is 29.9. The van der Waals surface area contributed by atoms with Crippen molar-refractivity contribution >= 4 is 101 Å². The molecule has 14 aromatic carbocycles. The monoisotopic (exact) mass is 1080 g/mol. The third kappa shape index (κ3) is 6.69. The topological polar surface area (TPSA) is 4.93 Å². The molecule has 17 rings (SSSR count). The van der Waals surface area contributed by atoms with Gasteiger partial charge in [0.1, 0.15) is 0 Å². The van der Waals surface area contributed by atoms with Gasteiger partial charge in [-0.15, -0.1) is 0 Å². The van der Waals surface area contributed by atoms with Crippen molar-refractivity contribution in [3.05, 3.63) is 322 Å². The van der Waals surface area contributed by atoms with Gasteiger partial charge in [-0.3, -0.25) is 0 Å². The maximum Gasteiger partial charge on any atom is 0.180 e. The maximum atomic E-state index is 2.57. The largest absolute Gasteiger partial charge is 0.309 e. The van der Waals surface area contributed by atoms with Crippen LogP contribution in [0.5, 0.6) is 0 Å². The summed E-state index contributed by atoms with van der Waals surface area (Å²) in [6.45, 7) is 0. The summed E-state index contributed by atoms with van der Waals surface area (Å²) in [7, 11) is -5.61. The molecule has 15 aromatic rings. The Hall–Kier alpha value is -10.2. The van der Waals surface area contributed by atoms with E-state index in [0.29, 0.717) is 0 Å². The second-order valence-electron chi connectivity index (χ2n) is 22.5. The molecule has 2 aliphatic heterocycles. The summed E-state index contributed by atoms with van der Waals surface area (Å²) < 4.78 is 2.51. The zero-order chi connectivity index (χ0) is 54.6. The molecule has 83 heavy (non-hydrogen) atoms. The Bertz CT molecular complexity index is 4750. The Balaban J connectivity index is 1.01. The Labute approximate surface area is 485 Å². The number of para-hydroxylation sites is 3. The van der Waals surface area contributed by atoms with E-state index in [0.717, 1.165) is 5.69 Å². The van der Waals surface area contributed by atoms with Crippen molar-refractivity contribution in [2.24, 2.45) is 0 Å². The zero-order valence-corrected chi connectivity index (χ0v) is 47.5. The molecule has 0 fully saturated rings. The van der Waals surface area contributed by atoms with E-state index >= 15 is 0 Å². The van der Waals surface area contributed by atoms with Crippen molar-refractivity contribution in [3.8, 4) is 61.3 Å². The van der Waals surface area contributed by atoms with Gasteiger partial charge >= 0.3 is 0 Å². The summed E-state index contributed by atoms with van der Waals surface area (Å²) in [5, 5.41) is 18.8. The van der Waals surface area contributed by atoms with Crippen LogP contribution in [0, 0.1) is 0 Å². The second kappa shape index (κ2) is 18.7. The molecular formula is C80H53NSi2. The molecule has 0 atom stereocenters. The molecule has 0 spiro atoms. The molecule has 3 heterocycles. The highest BCUT2D eigenvalue weighted by Crippen LogP contribution is 2.49. The normalized spacial score (nSPS) is 13.5. The molecule has 0 N–H and O–H groups in total. The molecule has 0 aliphatic carbocycles. The lowest BCUT2D eigenvalue weighted by atomic mass is 9.84. The first-order valence-electron chi connectivity index (χ1n) is 29.0. The third-order valence-corrected chi connectivity index (χ3v) is 28.3. The van der Waals surface area contributed by atoms with Gasteiger partial charge in [0, 0.05) is 22.0 Å². The molecule has 386 valence electrons. The molecule has 0 bridgehead atoms. The summed E-state index contributed by atoms with van der Waals surface area (Å²) in [4.78, 5) is 0. The van der Waals surface area contributed by atoms with Crippen LogP contribution in [0.4, 0.5) is 0 Å². The average molecular weight is 1080 g/mol. The van der Waals surface area contributed by atoms with Crippen LogP contribution < -0.4 is 41.5 Å². The van der Waals surface area contributed by atoms with E-state index in [1.165, 1.54) is 140 Å². The number of hydrogen-bond donors (Lipinski definition) is 0. The van der Waals surface area contributed by atoms with Crippen molar-refractivity contribution in [1.29, 1.82) is 0 Å². The van der Waals surface area contributed by atoms with Gasteiger partial charge in [0.05, 0.1) is 11.0 Å². The van der Waals surface area contributed by atoms with Crippen molar-refractivity contribution in [1.82, 2.24) is 4.57 Å². The van der Waals surface area contributed by atoms with Gasteiger partial charge in [0.25, 0.3) is 0 Å². The van der Waals surface area contributed by atoms with E-state index in [4.69, 9.17) is 0 Å². The van der Waals surface area contributed by atoms with E-state index in [1.54, 1.807) is 0 Å². The van der Waals surface area contributed by atoms with Crippen molar-refractivity contribution in [2.75, 3.05) is 0 Å². The first-order chi connectivity index (χ1) is 41.2. The minimum Gasteiger partial charge on any atom is -0.309 e. The first kappa shape index (κ1) is 47.6. The van der Waals surface area contributed by atoms with Gasteiger partial charge < -0.3 is 4.57 Å².